The van der Waals surface area contributed by atoms with Gasteiger partial charge in [-0.3, -0.25) is 0 Å². The molecule has 0 saturated heterocycles. The predicted molar refractivity (Wildman–Crippen MR) is 72.2 cm³/mol. The number of aryl methyl sites for hydroxylation is 2. The van der Waals surface area contributed by atoms with Crippen molar-refractivity contribution in [1.82, 2.24) is 10.1 Å². The van der Waals surface area contributed by atoms with Crippen molar-refractivity contribution in [2.24, 2.45) is 5.92 Å². The van der Waals surface area contributed by atoms with Gasteiger partial charge >= 0.3 is 0 Å². The van der Waals surface area contributed by atoms with Crippen molar-refractivity contribution in [1.29, 1.82) is 0 Å². The predicted octanol–water partition coefficient (Wildman–Crippen LogP) is 3.13. The van der Waals surface area contributed by atoms with Gasteiger partial charge in [0.05, 0.1) is 5.56 Å². The monoisotopic (exact) mass is 245 g/mol. The first-order chi connectivity index (χ1) is 8.47. The molecule has 1 heterocycles. The molecule has 2 rings (SSSR count). The second kappa shape index (κ2) is 4.80. The lowest BCUT2D eigenvalue weighted by atomic mass is 10.0. The van der Waals surface area contributed by atoms with Crippen molar-refractivity contribution in [2.45, 2.75) is 34.1 Å². The third-order valence-corrected chi connectivity index (χ3v) is 2.82. The highest BCUT2D eigenvalue weighted by Crippen LogP contribution is 2.28. The van der Waals surface area contributed by atoms with E-state index in [0.717, 1.165) is 28.9 Å². The van der Waals surface area contributed by atoms with Crippen LogP contribution in [-0.4, -0.2) is 10.1 Å². The molecule has 0 atom stereocenters. The number of rotatable bonds is 3. The lowest BCUT2D eigenvalue weighted by molar-refractivity contribution is 0.418. The molecule has 0 saturated carbocycles. The Balaban J connectivity index is 2.40. The van der Waals surface area contributed by atoms with Gasteiger partial charge in [-0.1, -0.05) is 25.1 Å². The molecule has 2 aromatic rings. The quantitative estimate of drug-likeness (QED) is 0.844. The molecule has 0 aliphatic rings. The zero-order valence-electron chi connectivity index (χ0n) is 11.3. The van der Waals surface area contributed by atoms with Gasteiger partial charge in [0.25, 0.3) is 5.89 Å². The zero-order chi connectivity index (χ0) is 13.3. The fourth-order valence-electron chi connectivity index (χ4n) is 1.97. The number of benzene rings is 1. The fraction of sp³-hybridized carbons (Fsp3) is 0.429. The fourth-order valence-corrected chi connectivity index (χ4v) is 1.97. The molecular weight excluding hydrogens is 226 g/mol. The van der Waals surface area contributed by atoms with Crippen LogP contribution in [0.15, 0.2) is 16.7 Å². The van der Waals surface area contributed by atoms with Gasteiger partial charge in [-0.05, 0) is 37.0 Å². The van der Waals surface area contributed by atoms with E-state index in [1.54, 1.807) is 0 Å². The number of nitrogen functional groups attached to an aromatic ring is 1. The minimum absolute atomic E-state index is 0.507. The van der Waals surface area contributed by atoms with Gasteiger partial charge in [0.2, 0.25) is 0 Å². The van der Waals surface area contributed by atoms with Crippen LogP contribution in [0.1, 0.15) is 30.8 Å². The average Bonchev–Trinajstić information content (AvgIpc) is 2.70. The van der Waals surface area contributed by atoms with Gasteiger partial charge in [0.15, 0.2) is 5.82 Å². The van der Waals surface area contributed by atoms with Gasteiger partial charge in [-0.15, -0.1) is 0 Å². The summed E-state index contributed by atoms with van der Waals surface area (Å²) in [5, 5.41) is 3.99. The second-order valence-corrected chi connectivity index (χ2v) is 5.16. The molecule has 1 aromatic carbocycles. The molecule has 0 spiro atoms. The van der Waals surface area contributed by atoms with Gasteiger partial charge in [0, 0.05) is 12.1 Å². The summed E-state index contributed by atoms with van der Waals surface area (Å²) in [7, 11) is 0. The Bertz CT molecular complexity index is 558. The Morgan fingerprint density at radius 3 is 2.67 bits per heavy atom. The first kappa shape index (κ1) is 12.6. The molecule has 0 aliphatic heterocycles. The average molecular weight is 245 g/mol. The molecular formula is C14H19N3O. The summed E-state index contributed by atoms with van der Waals surface area (Å²) < 4.78 is 5.30. The smallest absolute Gasteiger partial charge is 0.260 e. The molecule has 4 heteroatoms. The highest BCUT2D eigenvalue weighted by Gasteiger charge is 2.14. The highest BCUT2D eigenvalue weighted by molar-refractivity contribution is 5.74. The Kier molecular flexibility index (Phi) is 3.36. The van der Waals surface area contributed by atoms with Crippen molar-refractivity contribution >= 4 is 5.69 Å². The van der Waals surface area contributed by atoms with Crippen molar-refractivity contribution in [3.63, 3.8) is 0 Å². The van der Waals surface area contributed by atoms with E-state index in [9.17, 15) is 0 Å². The van der Waals surface area contributed by atoms with Crippen molar-refractivity contribution in [3.05, 3.63) is 29.1 Å². The maximum Gasteiger partial charge on any atom is 0.260 e. The van der Waals surface area contributed by atoms with Crippen molar-refractivity contribution < 1.29 is 4.52 Å². The van der Waals surface area contributed by atoms with E-state index in [2.05, 4.69) is 24.0 Å². The van der Waals surface area contributed by atoms with Crippen LogP contribution in [0.5, 0.6) is 0 Å². The number of anilines is 1. The summed E-state index contributed by atoms with van der Waals surface area (Å²) in [6, 6.07) is 4.03. The van der Waals surface area contributed by atoms with E-state index in [4.69, 9.17) is 10.3 Å². The summed E-state index contributed by atoms with van der Waals surface area (Å²) >= 11 is 0. The molecule has 18 heavy (non-hydrogen) atoms. The maximum atomic E-state index is 6.07. The first-order valence-corrected chi connectivity index (χ1v) is 6.17. The van der Waals surface area contributed by atoms with Gasteiger partial charge in [-0.2, -0.15) is 4.98 Å². The summed E-state index contributed by atoms with van der Waals surface area (Å²) in [5.41, 5.74) is 9.78. The Morgan fingerprint density at radius 2 is 2.00 bits per heavy atom. The lowest BCUT2D eigenvalue weighted by Gasteiger charge is -2.06. The lowest BCUT2D eigenvalue weighted by Crippen LogP contribution is -1.97. The van der Waals surface area contributed by atoms with Crippen molar-refractivity contribution in [2.75, 3.05) is 5.73 Å². The maximum absolute atomic E-state index is 6.07. The number of aromatic nitrogens is 2. The third-order valence-electron chi connectivity index (χ3n) is 2.82. The number of nitrogens with zero attached hydrogens (tertiary/aromatic N) is 2. The first-order valence-electron chi connectivity index (χ1n) is 6.17. The van der Waals surface area contributed by atoms with Crippen LogP contribution in [0.3, 0.4) is 0 Å². The number of nitrogens with two attached hydrogens (primary N) is 1. The largest absolute Gasteiger partial charge is 0.398 e. The Labute approximate surface area is 107 Å². The molecule has 4 nitrogen and oxygen atoms in total. The Hall–Kier alpha value is -1.84. The SMILES string of the molecule is Cc1cc(C)c(N)c(-c2nc(CC(C)C)no2)c1. The van der Waals surface area contributed by atoms with Gasteiger partial charge in [0.1, 0.15) is 0 Å². The minimum atomic E-state index is 0.507. The van der Waals surface area contributed by atoms with Crippen LogP contribution in [0.25, 0.3) is 11.5 Å². The standard InChI is InChI=1S/C14H19N3O/c1-8(2)5-12-16-14(18-17-12)11-7-9(3)6-10(4)13(11)15/h6-8H,5,15H2,1-4H3. The van der Waals surface area contributed by atoms with Crippen LogP contribution < -0.4 is 5.73 Å². The molecule has 0 radical (unpaired) electrons. The van der Waals surface area contributed by atoms with Gasteiger partial charge < -0.3 is 10.3 Å². The summed E-state index contributed by atoms with van der Waals surface area (Å²) in [6.45, 7) is 8.26. The minimum Gasteiger partial charge on any atom is -0.398 e. The van der Waals surface area contributed by atoms with E-state index in [1.165, 1.54) is 0 Å². The van der Waals surface area contributed by atoms with E-state index in [0.29, 0.717) is 17.5 Å². The summed E-state index contributed by atoms with van der Waals surface area (Å²) in [5.74, 6) is 1.75. The van der Waals surface area contributed by atoms with Crippen LogP contribution in [0, 0.1) is 19.8 Å². The summed E-state index contributed by atoms with van der Waals surface area (Å²) in [4.78, 5) is 4.41. The van der Waals surface area contributed by atoms with E-state index >= 15 is 0 Å². The van der Waals surface area contributed by atoms with Crippen LogP contribution in [-0.2, 0) is 6.42 Å². The Morgan fingerprint density at radius 1 is 1.28 bits per heavy atom. The molecule has 0 bridgehead atoms. The molecule has 0 fully saturated rings. The van der Waals surface area contributed by atoms with Gasteiger partial charge in [-0.25, -0.2) is 0 Å². The van der Waals surface area contributed by atoms with E-state index < -0.39 is 0 Å². The third kappa shape index (κ3) is 2.53. The van der Waals surface area contributed by atoms with Crippen LogP contribution in [0.2, 0.25) is 0 Å². The summed E-state index contributed by atoms with van der Waals surface area (Å²) in [6.07, 6.45) is 0.814. The zero-order valence-corrected chi connectivity index (χ0v) is 11.3. The topological polar surface area (TPSA) is 64.9 Å². The highest BCUT2D eigenvalue weighted by atomic mass is 16.5. The van der Waals surface area contributed by atoms with Crippen LogP contribution in [0.4, 0.5) is 5.69 Å². The van der Waals surface area contributed by atoms with Crippen LogP contribution >= 0.6 is 0 Å². The number of hydrogen-bond donors (Lipinski definition) is 1. The normalized spacial score (nSPS) is 11.2. The number of hydrogen-bond acceptors (Lipinski definition) is 4. The molecule has 0 amide bonds. The molecule has 1 aromatic heterocycles. The van der Waals surface area contributed by atoms with E-state index in [1.807, 2.05) is 26.0 Å². The molecule has 0 unspecified atom stereocenters. The van der Waals surface area contributed by atoms with E-state index in [-0.39, 0.29) is 0 Å². The molecule has 2 N–H and O–H groups in total. The molecule has 96 valence electrons. The second-order valence-electron chi connectivity index (χ2n) is 5.16. The molecule has 0 aliphatic carbocycles. The van der Waals surface area contributed by atoms with Crippen molar-refractivity contribution in [3.8, 4) is 11.5 Å².